The normalized spacial score (nSPS) is 25.4. The molecule has 0 radical (unpaired) electrons. The number of hydrogen-bond acceptors (Lipinski definition) is 8. The maximum absolute atomic E-state index is 13.6. The minimum atomic E-state index is -1.91. The Balaban J connectivity index is 2.31. The molecule has 6 unspecified atom stereocenters. The summed E-state index contributed by atoms with van der Waals surface area (Å²) in [4.78, 5) is 49.6. The summed E-state index contributed by atoms with van der Waals surface area (Å²) >= 11 is 0. The van der Waals surface area contributed by atoms with E-state index in [1.54, 1.807) is 0 Å². The van der Waals surface area contributed by atoms with E-state index >= 15 is 0 Å². The van der Waals surface area contributed by atoms with Gasteiger partial charge in [-0.15, -0.1) is 0 Å². The standard InChI is InChI=1S/C24H32F2N2O8/c1-4-5-7-17-21(34-11-15(26)10-25)14(3)36-24(33)19(13(2)35-23(17)32)28-22(31)16-8-6-9-18(20(16)30)27-12-29/h6,8-9,12-15,17,19,21,30H,4-5,7,10-11H2,1-3H3,(H,27,29)(H,28,31). The highest BCUT2D eigenvalue weighted by atomic mass is 19.2. The molecular weight excluding hydrogens is 482 g/mol. The summed E-state index contributed by atoms with van der Waals surface area (Å²) in [5, 5.41) is 14.9. The number of cyclic esters (lactones) is 2. The van der Waals surface area contributed by atoms with E-state index in [0.717, 1.165) is 6.42 Å². The number of amides is 2. The molecule has 0 bridgehead atoms. The molecule has 0 aliphatic carbocycles. The number of anilines is 1. The zero-order chi connectivity index (χ0) is 26.8. The van der Waals surface area contributed by atoms with Crippen molar-refractivity contribution in [2.75, 3.05) is 18.6 Å². The summed E-state index contributed by atoms with van der Waals surface area (Å²) in [6.07, 6.45) is -3.30. The molecule has 0 aromatic heterocycles. The molecule has 1 aliphatic rings. The summed E-state index contributed by atoms with van der Waals surface area (Å²) in [6, 6.07) is 2.57. The summed E-state index contributed by atoms with van der Waals surface area (Å²) in [6.45, 7) is 2.83. The van der Waals surface area contributed by atoms with E-state index in [4.69, 9.17) is 14.2 Å². The Morgan fingerprint density at radius 3 is 2.56 bits per heavy atom. The minimum absolute atomic E-state index is 0.0269. The second-order valence-corrected chi connectivity index (χ2v) is 8.50. The predicted octanol–water partition coefficient (Wildman–Crippen LogP) is 2.44. The average Bonchev–Trinajstić information content (AvgIpc) is 2.87. The van der Waals surface area contributed by atoms with Crippen LogP contribution in [0.1, 0.15) is 50.4 Å². The number of para-hydroxylation sites is 1. The third-order valence-corrected chi connectivity index (χ3v) is 5.78. The molecule has 2 rings (SSSR count). The van der Waals surface area contributed by atoms with Gasteiger partial charge < -0.3 is 30.0 Å². The number of aromatic hydroxyl groups is 1. The first kappa shape index (κ1) is 29.0. The van der Waals surface area contributed by atoms with E-state index < -0.39 is 73.3 Å². The van der Waals surface area contributed by atoms with Crippen molar-refractivity contribution in [1.29, 1.82) is 0 Å². The van der Waals surface area contributed by atoms with Gasteiger partial charge in [-0.3, -0.25) is 14.4 Å². The predicted molar refractivity (Wildman–Crippen MR) is 124 cm³/mol. The van der Waals surface area contributed by atoms with Crippen molar-refractivity contribution in [3.05, 3.63) is 23.8 Å². The lowest BCUT2D eigenvalue weighted by Gasteiger charge is -2.29. The molecule has 1 aliphatic heterocycles. The number of rotatable bonds is 11. The molecular formula is C24H32F2N2O8. The van der Waals surface area contributed by atoms with Crippen LogP contribution in [0, 0.1) is 5.92 Å². The molecule has 1 heterocycles. The van der Waals surface area contributed by atoms with Gasteiger partial charge in [-0.05, 0) is 32.4 Å². The smallest absolute Gasteiger partial charge is 0.332 e. The molecule has 1 fully saturated rings. The quantitative estimate of drug-likeness (QED) is 0.232. The van der Waals surface area contributed by atoms with Crippen molar-refractivity contribution in [3.63, 3.8) is 0 Å². The highest BCUT2D eigenvalue weighted by Gasteiger charge is 2.42. The number of ether oxygens (including phenoxy) is 3. The van der Waals surface area contributed by atoms with Crippen molar-refractivity contribution < 1.29 is 47.3 Å². The van der Waals surface area contributed by atoms with Gasteiger partial charge in [0.2, 0.25) is 6.41 Å². The molecule has 1 aromatic rings. The summed E-state index contributed by atoms with van der Waals surface area (Å²) in [5.41, 5.74) is -0.274. The molecule has 2 amide bonds. The largest absolute Gasteiger partial charge is 0.505 e. The molecule has 6 atom stereocenters. The number of carbonyl (C=O) groups excluding carboxylic acids is 4. The highest BCUT2D eigenvalue weighted by molar-refractivity contribution is 6.01. The number of hydrogen-bond donors (Lipinski definition) is 3. The lowest BCUT2D eigenvalue weighted by atomic mass is 9.92. The van der Waals surface area contributed by atoms with E-state index in [0.29, 0.717) is 19.3 Å². The Morgan fingerprint density at radius 1 is 1.22 bits per heavy atom. The highest BCUT2D eigenvalue weighted by Crippen LogP contribution is 2.28. The van der Waals surface area contributed by atoms with Crippen molar-refractivity contribution >= 4 is 29.9 Å². The monoisotopic (exact) mass is 514 g/mol. The van der Waals surface area contributed by atoms with Crippen LogP contribution in [0.4, 0.5) is 14.5 Å². The molecule has 3 N–H and O–H groups in total. The molecule has 200 valence electrons. The van der Waals surface area contributed by atoms with Gasteiger partial charge in [0.25, 0.3) is 5.91 Å². The van der Waals surface area contributed by atoms with E-state index in [1.807, 2.05) is 6.92 Å². The van der Waals surface area contributed by atoms with E-state index in [1.165, 1.54) is 32.0 Å². The van der Waals surface area contributed by atoms with Crippen LogP contribution in [0.15, 0.2) is 18.2 Å². The third-order valence-electron chi connectivity index (χ3n) is 5.78. The van der Waals surface area contributed by atoms with Gasteiger partial charge in [-0.1, -0.05) is 25.8 Å². The zero-order valence-electron chi connectivity index (χ0n) is 20.4. The number of benzene rings is 1. The van der Waals surface area contributed by atoms with Crippen LogP contribution in [0.5, 0.6) is 5.75 Å². The first-order chi connectivity index (χ1) is 17.1. The van der Waals surface area contributed by atoms with Crippen LogP contribution in [0.3, 0.4) is 0 Å². The Hall–Kier alpha value is -3.28. The van der Waals surface area contributed by atoms with E-state index in [-0.39, 0.29) is 11.3 Å². The fourth-order valence-corrected chi connectivity index (χ4v) is 3.83. The van der Waals surface area contributed by atoms with Gasteiger partial charge in [0.05, 0.1) is 23.8 Å². The SMILES string of the molecule is CCCCC1C(=O)OC(C)C(NC(=O)c2cccc(NC=O)c2O)C(=O)OC(C)C1OCC(F)CF. The topological polar surface area (TPSA) is 140 Å². The molecule has 1 aromatic carbocycles. The van der Waals surface area contributed by atoms with E-state index in [2.05, 4.69) is 10.6 Å². The van der Waals surface area contributed by atoms with Gasteiger partial charge in [-0.2, -0.15) is 0 Å². The summed E-state index contributed by atoms with van der Waals surface area (Å²) < 4.78 is 42.6. The molecule has 10 nitrogen and oxygen atoms in total. The maximum atomic E-state index is 13.6. The number of carbonyl (C=O) groups is 4. The number of alkyl halides is 2. The van der Waals surface area contributed by atoms with Crippen LogP contribution in [0.2, 0.25) is 0 Å². The number of phenolic OH excluding ortho intramolecular Hbond substituents is 1. The first-order valence-electron chi connectivity index (χ1n) is 11.7. The summed E-state index contributed by atoms with van der Waals surface area (Å²) in [7, 11) is 0. The van der Waals surface area contributed by atoms with Crippen LogP contribution >= 0.6 is 0 Å². The molecule has 0 spiro atoms. The van der Waals surface area contributed by atoms with Gasteiger partial charge in [0.15, 0.2) is 18.0 Å². The average molecular weight is 515 g/mol. The Labute approximate surface area is 207 Å². The second-order valence-electron chi connectivity index (χ2n) is 8.50. The third kappa shape index (κ3) is 7.36. The summed E-state index contributed by atoms with van der Waals surface area (Å²) in [5.74, 6) is -4.03. The Bertz CT molecular complexity index is 931. The Kier molecular flexibility index (Phi) is 11.0. The molecule has 0 saturated carbocycles. The van der Waals surface area contributed by atoms with E-state index in [9.17, 15) is 33.1 Å². The van der Waals surface area contributed by atoms with Gasteiger partial charge >= 0.3 is 11.9 Å². The fraction of sp³-hybridized carbons (Fsp3) is 0.583. The van der Waals surface area contributed by atoms with Gasteiger partial charge in [0.1, 0.15) is 25.0 Å². The van der Waals surface area contributed by atoms with Crippen molar-refractivity contribution in [3.8, 4) is 5.75 Å². The van der Waals surface area contributed by atoms with Crippen molar-refractivity contribution in [2.24, 2.45) is 5.92 Å². The zero-order valence-corrected chi connectivity index (χ0v) is 20.4. The van der Waals surface area contributed by atoms with Crippen LogP contribution < -0.4 is 10.6 Å². The minimum Gasteiger partial charge on any atom is -0.505 e. The Morgan fingerprint density at radius 2 is 1.92 bits per heavy atom. The van der Waals surface area contributed by atoms with Crippen molar-refractivity contribution in [1.82, 2.24) is 5.32 Å². The van der Waals surface area contributed by atoms with Crippen LogP contribution in [0.25, 0.3) is 0 Å². The molecule has 36 heavy (non-hydrogen) atoms. The number of phenols is 1. The lowest BCUT2D eigenvalue weighted by molar-refractivity contribution is -0.166. The van der Waals surface area contributed by atoms with Crippen molar-refractivity contribution in [2.45, 2.75) is 70.6 Å². The first-order valence-corrected chi connectivity index (χ1v) is 11.7. The maximum Gasteiger partial charge on any atom is 0.332 e. The number of unbranched alkanes of at least 4 members (excludes halogenated alkanes) is 1. The van der Waals surface area contributed by atoms with Crippen LogP contribution in [-0.2, 0) is 28.6 Å². The van der Waals surface area contributed by atoms with Crippen LogP contribution in [-0.4, -0.2) is 73.2 Å². The van der Waals surface area contributed by atoms with Gasteiger partial charge in [0, 0.05) is 0 Å². The number of esters is 2. The van der Waals surface area contributed by atoms with Gasteiger partial charge in [-0.25, -0.2) is 13.6 Å². The number of nitrogens with one attached hydrogen (secondary N) is 2. The number of halogens is 2. The lowest BCUT2D eigenvalue weighted by Crippen LogP contribution is -2.50. The molecule has 1 saturated heterocycles. The molecule has 12 heteroatoms. The second kappa shape index (κ2) is 13.7. The fourth-order valence-electron chi connectivity index (χ4n) is 3.83.